The summed E-state index contributed by atoms with van der Waals surface area (Å²) in [6.07, 6.45) is 1.74. The highest BCUT2D eigenvalue weighted by Gasteiger charge is 2.08. The summed E-state index contributed by atoms with van der Waals surface area (Å²) in [5.41, 5.74) is 3.23. The van der Waals surface area contributed by atoms with Crippen molar-refractivity contribution in [2.45, 2.75) is 20.1 Å². The Hall–Kier alpha value is -1.95. The average Bonchev–Trinajstić information content (AvgIpc) is 2.92. The van der Waals surface area contributed by atoms with E-state index in [1.54, 1.807) is 6.33 Å². The standard InChI is InChI=1S/C18H19ClN4S/c1-14-8-9-16(10-17(14)19)22-12-20-23(18(22)24)13-21(2)11-15-6-4-3-5-7-15/h3-10,12H,11,13H2,1-2H3. The van der Waals surface area contributed by atoms with E-state index in [4.69, 9.17) is 23.8 Å². The van der Waals surface area contributed by atoms with Crippen LogP contribution in [0.1, 0.15) is 11.1 Å². The van der Waals surface area contributed by atoms with Gasteiger partial charge in [-0.3, -0.25) is 9.47 Å². The number of aryl methyl sites for hydroxylation is 1. The highest BCUT2D eigenvalue weighted by molar-refractivity contribution is 7.71. The molecule has 3 rings (SSSR count). The summed E-state index contributed by atoms with van der Waals surface area (Å²) in [5, 5.41) is 5.14. The molecule has 124 valence electrons. The van der Waals surface area contributed by atoms with Crippen LogP contribution < -0.4 is 0 Å². The van der Waals surface area contributed by atoms with E-state index < -0.39 is 0 Å². The summed E-state index contributed by atoms with van der Waals surface area (Å²) >= 11 is 11.8. The quantitative estimate of drug-likeness (QED) is 0.630. The summed E-state index contributed by atoms with van der Waals surface area (Å²) in [5.74, 6) is 0. The number of nitrogens with zero attached hydrogens (tertiary/aromatic N) is 4. The number of rotatable bonds is 5. The van der Waals surface area contributed by atoms with Crippen molar-refractivity contribution in [2.24, 2.45) is 0 Å². The maximum atomic E-state index is 6.21. The second kappa shape index (κ2) is 7.30. The van der Waals surface area contributed by atoms with Gasteiger partial charge in [-0.25, -0.2) is 4.68 Å². The average molecular weight is 359 g/mol. The Morgan fingerprint density at radius 2 is 1.92 bits per heavy atom. The molecule has 0 atom stereocenters. The predicted molar refractivity (Wildman–Crippen MR) is 100 cm³/mol. The lowest BCUT2D eigenvalue weighted by atomic mass is 10.2. The van der Waals surface area contributed by atoms with E-state index >= 15 is 0 Å². The van der Waals surface area contributed by atoms with Crippen LogP contribution in [0.15, 0.2) is 54.9 Å². The first-order valence-corrected chi connectivity index (χ1v) is 8.46. The Bertz CT molecular complexity index is 886. The normalized spacial score (nSPS) is 11.2. The van der Waals surface area contributed by atoms with Crippen LogP contribution >= 0.6 is 23.8 Å². The predicted octanol–water partition coefficient (Wildman–Crippen LogP) is 4.45. The number of halogens is 1. The Morgan fingerprint density at radius 3 is 2.62 bits per heavy atom. The molecule has 0 amide bonds. The minimum atomic E-state index is 0.625. The number of hydrogen-bond acceptors (Lipinski definition) is 3. The van der Waals surface area contributed by atoms with Crippen LogP contribution in [0.4, 0.5) is 0 Å². The SMILES string of the molecule is Cc1ccc(-n2cnn(CN(C)Cc3ccccc3)c2=S)cc1Cl. The van der Waals surface area contributed by atoms with Crippen LogP contribution in [0.5, 0.6) is 0 Å². The van der Waals surface area contributed by atoms with Crippen LogP contribution in [0.3, 0.4) is 0 Å². The van der Waals surface area contributed by atoms with Crippen LogP contribution in [0.25, 0.3) is 5.69 Å². The van der Waals surface area contributed by atoms with Gasteiger partial charge in [0.1, 0.15) is 6.33 Å². The molecule has 2 aromatic carbocycles. The second-order valence-corrected chi connectivity index (χ2v) is 6.63. The third-order valence-electron chi connectivity index (χ3n) is 3.84. The molecule has 0 N–H and O–H groups in total. The molecule has 0 unspecified atom stereocenters. The minimum absolute atomic E-state index is 0.625. The third kappa shape index (κ3) is 3.75. The molecule has 1 aromatic heterocycles. The Morgan fingerprint density at radius 1 is 1.17 bits per heavy atom. The molecule has 0 aliphatic rings. The molecule has 0 spiro atoms. The van der Waals surface area contributed by atoms with Gasteiger partial charge in [0.05, 0.1) is 12.4 Å². The zero-order valence-corrected chi connectivity index (χ0v) is 15.3. The summed E-state index contributed by atoms with van der Waals surface area (Å²) < 4.78 is 4.33. The van der Waals surface area contributed by atoms with Crippen LogP contribution in [0.2, 0.25) is 5.02 Å². The van der Waals surface area contributed by atoms with Crippen LogP contribution in [-0.4, -0.2) is 26.3 Å². The molecule has 0 bridgehead atoms. The van der Waals surface area contributed by atoms with Gasteiger partial charge >= 0.3 is 0 Å². The zero-order valence-electron chi connectivity index (χ0n) is 13.7. The number of aromatic nitrogens is 3. The molecule has 0 fully saturated rings. The first kappa shape index (κ1) is 16.9. The molecule has 4 nitrogen and oxygen atoms in total. The third-order valence-corrected chi connectivity index (χ3v) is 4.65. The summed E-state index contributed by atoms with van der Waals surface area (Å²) in [4.78, 5) is 2.17. The van der Waals surface area contributed by atoms with Crippen molar-refractivity contribution in [1.29, 1.82) is 0 Å². The maximum Gasteiger partial charge on any atom is 0.203 e. The fourth-order valence-corrected chi connectivity index (χ4v) is 2.95. The van der Waals surface area contributed by atoms with Crippen molar-refractivity contribution in [2.75, 3.05) is 7.05 Å². The molecule has 3 aromatic rings. The van der Waals surface area contributed by atoms with Gasteiger partial charge in [0.25, 0.3) is 0 Å². The Kier molecular flexibility index (Phi) is 5.14. The van der Waals surface area contributed by atoms with E-state index in [0.29, 0.717) is 11.4 Å². The maximum absolute atomic E-state index is 6.21. The van der Waals surface area contributed by atoms with Crippen LogP contribution in [0, 0.1) is 11.7 Å². The molecular formula is C18H19ClN4S. The fourth-order valence-electron chi connectivity index (χ4n) is 2.52. The lowest BCUT2D eigenvalue weighted by Crippen LogP contribution is -2.22. The second-order valence-electron chi connectivity index (χ2n) is 5.86. The Balaban J connectivity index is 1.77. The summed E-state index contributed by atoms with van der Waals surface area (Å²) in [6.45, 7) is 3.44. The van der Waals surface area contributed by atoms with Crippen molar-refractivity contribution in [3.05, 3.63) is 75.8 Å². The lowest BCUT2D eigenvalue weighted by Gasteiger charge is -2.16. The minimum Gasteiger partial charge on any atom is -0.283 e. The lowest BCUT2D eigenvalue weighted by molar-refractivity contribution is 0.244. The van der Waals surface area contributed by atoms with Gasteiger partial charge in [-0.05, 0) is 49.4 Å². The van der Waals surface area contributed by atoms with Gasteiger partial charge in [-0.15, -0.1) is 0 Å². The van der Waals surface area contributed by atoms with Crippen molar-refractivity contribution < 1.29 is 0 Å². The largest absolute Gasteiger partial charge is 0.283 e. The monoisotopic (exact) mass is 358 g/mol. The molecule has 1 heterocycles. The molecule has 0 aliphatic heterocycles. The molecule has 24 heavy (non-hydrogen) atoms. The molecule has 0 saturated heterocycles. The van der Waals surface area contributed by atoms with Crippen molar-refractivity contribution in [1.82, 2.24) is 19.2 Å². The van der Waals surface area contributed by atoms with E-state index in [1.165, 1.54) is 5.56 Å². The summed E-state index contributed by atoms with van der Waals surface area (Å²) in [7, 11) is 2.05. The molecular weight excluding hydrogens is 340 g/mol. The van der Waals surface area contributed by atoms with E-state index in [2.05, 4.69) is 29.2 Å². The molecule has 0 radical (unpaired) electrons. The molecule has 6 heteroatoms. The van der Waals surface area contributed by atoms with Gasteiger partial charge in [-0.1, -0.05) is 48.0 Å². The highest BCUT2D eigenvalue weighted by atomic mass is 35.5. The van der Waals surface area contributed by atoms with E-state index in [-0.39, 0.29) is 0 Å². The van der Waals surface area contributed by atoms with E-state index in [9.17, 15) is 0 Å². The summed E-state index contributed by atoms with van der Waals surface area (Å²) in [6, 6.07) is 16.2. The molecule has 0 aliphatic carbocycles. The smallest absolute Gasteiger partial charge is 0.203 e. The van der Waals surface area contributed by atoms with Gasteiger partial charge in [-0.2, -0.15) is 5.10 Å². The Labute approximate surface area is 151 Å². The van der Waals surface area contributed by atoms with E-state index in [0.717, 1.165) is 22.8 Å². The van der Waals surface area contributed by atoms with Gasteiger partial charge in [0.15, 0.2) is 0 Å². The van der Waals surface area contributed by atoms with Crippen molar-refractivity contribution >= 4 is 23.8 Å². The first-order valence-electron chi connectivity index (χ1n) is 7.68. The zero-order chi connectivity index (χ0) is 17.1. The van der Waals surface area contributed by atoms with Crippen LogP contribution in [-0.2, 0) is 13.2 Å². The van der Waals surface area contributed by atoms with Crippen molar-refractivity contribution in [3.8, 4) is 5.69 Å². The molecule has 0 saturated carbocycles. The highest BCUT2D eigenvalue weighted by Crippen LogP contribution is 2.19. The fraction of sp³-hybridized carbons (Fsp3) is 0.222. The number of benzene rings is 2. The number of hydrogen-bond donors (Lipinski definition) is 0. The first-order chi connectivity index (χ1) is 11.5. The van der Waals surface area contributed by atoms with Crippen molar-refractivity contribution in [3.63, 3.8) is 0 Å². The van der Waals surface area contributed by atoms with Gasteiger partial charge in [0.2, 0.25) is 4.77 Å². The van der Waals surface area contributed by atoms with Gasteiger partial charge in [0, 0.05) is 11.6 Å². The topological polar surface area (TPSA) is 26.0 Å². The van der Waals surface area contributed by atoms with Gasteiger partial charge < -0.3 is 0 Å². The van der Waals surface area contributed by atoms with E-state index in [1.807, 2.05) is 52.6 Å².